The van der Waals surface area contributed by atoms with E-state index < -0.39 is 6.09 Å². The molecular weight excluding hydrogens is 150 g/mol. The van der Waals surface area contributed by atoms with Crippen molar-refractivity contribution in [2.75, 3.05) is 13.2 Å². The van der Waals surface area contributed by atoms with Gasteiger partial charge in [0, 0.05) is 0 Å². The number of hydrogen-bond donors (Lipinski definition) is 3. The van der Waals surface area contributed by atoms with Crippen molar-refractivity contribution >= 4 is 6.09 Å². The Morgan fingerprint density at radius 3 is 2.09 bits per heavy atom. The minimum Gasteiger partial charge on any atom is -0.465 e. The molecule has 0 aromatic carbocycles. The first-order valence-corrected chi connectivity index (χ1v) is 3.43. The molecule has 5 nitrogen and oxygen atoms in total. The summed E-state index contributed by atoms with van der Waals surface area (Å²) < 4.78 is 0. The molecule has 0 saturated carbocycles. The maximum atomic E-state index is 10.4. The largest absolute Gasteiger partial charge is 0.465 e. The van der Waals surface area contributed by atoms with E-state index in [0.717, 1.165) is 4.90 Å². The maximum Gasteiger partial charge on any atom is 0.407 e. The first-order chi connectivity index (χ1) is 5.20. The summed E-state index contributed by atoms with van der Waals surface area (Å²) >= 11 is 0. The Morgan fingerprint density at radius 2 is 1.82 bits per heavy atom. The van der Waals surface area contributed by atoms with Gasteiger partial charge in [0.25, 0.3) is 0 Å². The summed E-state index contributed by atoms with van der Waals surface area (Å²) in [6.45, 7) is -0.328. The van der Waals surface area contributed by atoms with Crippen molar-refractivity contribution < 1.29 is 20.1 Å². The molecular formula is C6H11NO4. The molecule has 64 valence electrons. The summed E-state index contributed by atoms with van der Waals surface area (Å²) in [5.74, 6) is 0. The number of carboxylic acid groups (broad SMARTS) is 1. The summed E-state index contributed by atoms with van der Waals surface area (Å²) in [4.78, 5) is 11.5. The van der Waals surface area contributed by atoms with Gasteiger partial charge in [-0.15, -0.1) is 0 Å². The second-order valence-electron chi connectivity index (χ2n) is 2.60. The minimum atomic E-state index is -1.07. The summed E-state index contributed by atoms with van der Waals surface area (Å²) in [5.41, 5.74) is 0. The first-order valence-electron chi connectivity index (χ1n) is 3.43. The van der Waals surface area contributed by atoms with Gasteiger partial charge in [-0.3, -0.25) is 4.90 Å². The van der Waals surface area contributed by atoms with Crippen molar-refractivity contribution in [3.05, 3.63) is 0 Å². The molecule has 1 aliphatic rings. The van der Waals surface area contributed by atoms with Crippen LogP contribution in [-0.2, 0) is 0 Å². The topological polar surface area (TPSA) is 81.0 Å². The van der Waals surface area contributed by atoms with Crippen LogP contribution in [0.5, 0.6) is 0 Å². The highest BCUT2D eigenvalue weighted by atomic mass is 16.4. The molecule has 1 heterocycles. The molecule has 5 heteroatoms. The van der Waals surface area contributed by atoms with E-state index in [1.54, 1.807) is 0 Å². The molecule has 1 amide bonds. The number of rotatable bonds is 2. The fourth-order valence-electron chi connectivity index (χ4n) is 1.34. The van der Waals surface area contributed by atoms with Crippen LogP contribution < -0.4 is 0 Å². The van der Waals surface area contributed by atoms with Gasteiger partial charge >= 0.3 is 6.09 Å². The lowest BCUT2D eigenvalue weighted by molar-refractivity contribution is -0.0254. The Balaban J connectivity index is 2.49. The van der Waals surface area contributed by atoms with Crippen LogP contribution in [0.4, 0.5) is 4.79 Å². The molecule has 1 fully saturated rings. The predicted molar refractivity (Wildman–Crippen MR) is 36.2 cm³/mol. The highest BCUT2D eigenvalue weighted by molar-refractivity contribution is 5.67. The standard InChI is InChI=1S/C6H11NO4/c8-2-4-1-5(3-9)7(4)6(10)11/h4-5,8-9H,1-3H2,(H,10,11)/t4-,5-/m0/s1. The normalized spacial score (nSPS) is 29.8. The van der Waals surface area contributed by atoms with Crippen LogP contribution in [0.3, 0.4) is 0 Å². The molecule has 0 aromatic heterocycles. The number of amides is 1. The van der Waals surface area contributed by atoms with Crippen molar-refractivity contribution in [1.82, 2.24) is 4.90 Å². The van der Waals surface area contributed by atoms with Gasteiger partial charge < -0.3 is 15.3 Å². The molecule has 0 aliphatic carbocycles. The van der Waals surface area contributed by atoms with E-state index in [4.69, 9.17) is 15.3 Å². The van der Waals surface area contributed by atoms with Crippen molar-refractivity contribution in [2.45, 2.75) is 18.5 Å². The van der Waals surface area contributed by atoms with Crippen LogP contribution in [0.1, 0.15) is 6.42 Å². The van der Waals surface area contributed by atoms with Gasteiger partial charge in [0.1, 0.15) is 0 Å². The Hall–Kier alpha value is -0.810. The Morgan fingerprint density at radius 1 is 1.36 bits per heavy atom. The van der Waals surface area contributed by atoms with Gasteiger partial charge in [0.2, 0.25) is 0 Å². The first kappa shape index (κ1) is 8.29. The second-order valence-corrected chi connectivity index (χ2v) is 2.60. The average Bonchev–Trinajstić information content (AvgIpc) is 1.86. The number of hydrogen-bond acceptors (Lipinski definition) is 3. The number of aliphatic hydroxyl groups is 2. The van der Waals surface area contributed by atoms with Crippen LogP contribution in [0.2, 0.25) is 0 Å². The van der Waals surface area contributed by atoms with E-state index in [9.17, 15) is 4.79 Å². The Labute approximate surface area is 63.9 Å². The zero-order valence-electron chi connectivity index (χ0n) is 5.97. The van der Waals surface area contributed by atoms with E-state index in [0.29, 0.717) is 6.42 Å². The molecule has 3 N–H and O–H groups in total. The van der Waals surface area contributed by atoms with Crippen LogP contribution in [0, 0.1) is 0 Å². The fourth-order valence-corrected chi connectivity index (χ4v) is 1.34. The summed E-state index contributed by atoms with van der Waals surface area (Å²) in [6.07, 6.45) is -0.520. The Kier molecular flexibility index (Phi) is 2.31. The number of aliphatic hydroxyl groups excluding tert-OH is 2. The third-order valence-corrected chi connectivity index (χ3v) is 1.97. The highest BCUT2D eigenvalue weighted by Crippen LogP contribution is 2.24. The third kappa shape index (κ3) is 1.29. The van der Waals surface area contributed by atoms with Gasteiger partial charge in [0.05, 0.1) is 25.3 Å². The summed E-state index contributed by atoms with van der Waals surface area (Å²) in [7, 11) is 0. The van der Waals surface area contributed by atoms with E-state index in [1.807, 2.05) is 0 Å². The van der Waals surface area contributed by atoms with Crippen LogP contribution in [-0.4, -0.2) is 51.6 Å². The quantitative estimate of drug-likeness (QED) is 0.490. The molecule has 1 saturated heterocycles. The summed E-state index contributed by atoms with van der Waals surface area (Å²) in [6, 6.07) is -0.630. The van der Waals surface area contributed by atoms with Gasteiger partial charge in [-0.1, -0.05) is 0 Å². The fraction of sp³-hybridized carbons (Fsp3) is 0.833. The van der Waals surface area contributed by atoms with E-state index in [-0.39, 0.29) is 25.3 Å². The minimum absolute atomic E-state index is 0.164. The smallest absolute Gasteiger partial charge is 0.407 e. The molecule has 0 unspecified atom stereocenters. The van der Waals surface area contributed by atoms with Crippen LogP contribution in [0.15, 0.2) is 0 Å². The molecule has 0 bridgehead atoms. The van der Waals surface area contributed by atoms with E-state index >= 15 is 0 Å². The van der Waals surface area contributed by atoms with E-state index in [1.165, 1.54) is 0 Å². The molecule has 2 atom stereocenters. The lowest BCUT2D eigenvalue weighted by Crippen LogP contribution is -2.61. The van der Waals surface area contributed by atoms with Gasteiger partial charge in [-0.05, 0) is 6.42 Å². The zero-order valence-corrected chi connectivity index (χ0v) is 5.97. The SMILES string of the molecule is O=C(O)N1[C@H](CO)C[C@H]1CO. The summed E-state index contributed by atoms with van der Waals surface area (Å²) in [5, 5.41) is 25.8. The second kappa shape index (κ2) is 3.06. The van der Waals surface area contributed by atoms with Gasteiger partial charge in [-0.25, -0.2) is 4.79 Å². The lowest BCUT2D eigenvalue weighted by atomic mass is 9.95. The van der Waals surface area contributed by atoms with Crippen molar-refractivity contribution in [1.29, 1.82) is 0 Å². The lowest BCUT2D eigenvalue weighted by Gasteiger charge is -2.44. The third-order valence-electron chi connectivity index (χ3n) is 1.97. The molecule has 11 heavy (non-hydrogen) atoms. The molecule has 1 aliphatic heterocycles. The Bertz CT molecular complexity index is 151. The van der Waals surface area contributed by atoms with Gasteiger partial charge in [-0.2, -0.15) is 0 Å². The van der Waals surface area contributed by atoms with Gasteiger partial charge in [0.15, 0.2) is 0 Å². The molecule has 0 aromatic rings. The van der Waals surface area contributed by atoms with Crippen LogP contribution in [0.25, 0.3) is 0 Å². The number of likely N-dealkylation sites (tertiary alicyclic amines) is 1. The zero-order chi connectivity index (χ0) is 8.43. The van der Waals surface area contributed by atoms with Crippen LogP contribution >= 0.6 is 0 Å². The number of carbonyl (C=O) groups is 1. The molecule has 1 rings (SSSR count). The van der Waals surface area contributed by atoms with E-state index in [2.05, 4.69) is 0 Å². The predicted octanol–water partition coefficient (Wildman–Crippen LogP) is -0.908. The molecule has 0 radical (unpaired) electrons. The van der Waals surface area contributed by atoms with Crippen molar-refractivity contribution in [3.8, 4) is 0 Å². The number of nitrogens with zero attached hydrogens (tertiary/aromatic N) is 1. The average molecular weight is 161 g/mol. The highest BCUT2D eigenvalue weighted by Gasteiger charge is 2.40. The van der Waals surface area contributed by atoms with Crippen molar-refractivity contribution in [3.63, 3.8) is 0 Å². The van der Waals surface area contributed by atoms with Crippen molar-refractivity contribution in [2.24, 2.45) is 0 Å². The maximum absolute atomic E-state index is 10.4. The molecule has 0 spiro atoms. The monoisotopic (exact) mass is 161 g/mol.